The minimum absolute atomic E-state index is 0.146. The second kappa shape index (κ2) is 5.01. The maximum atomic E-state index is 13.4. The van der Waals surface area contributed by atoms with Gasteiger partial charge in [-0.2, -0.15) is 0 Å². The summed E-state index contributed by atoms with van der Waals surface area (Å²) >= 11 is 0. The predicted octanol–water partition coefficient (Wildman–Crippen LogP) is 2.45. The molecule has 0 radical (unpaired) electrons. The molecule has 5 heteroatoms. The summed E-state index contributed by atoms with van der Waals surface area (Å²) in [6.45, 7) is 1.98. The molecule has 0 N–H and O–H groups in total. The van der Waals surface area contributed by atoms with Crippen LogP contribution in [0.3, 0.4) is 0 Å². The van der Waals surface area contributed by atoms with Gasteiger partial charge in [0.2, 0.25) is 0 Å². The summed E-state index contributed by atoms with van der Waals surface area (Å²) in [7, 11) is 0. The lowest BCUT2D eigenvalue weighted by Crippen LogP contribution is -2.25. The van der Waals surface area contributed by atoms with Crippen LogP contribution in [0.25, 0.3) is 10.9 Å². The van der Waals surface area contributed by atoms with E-state index in [0.717, 1.165) is 5.56 Å². The van der Waals surface area contributed by atoms with Crippen LogP contribution in [0.4, 0.5) is 4.39 Å². The van der Waals surface area contributed by atoms with Crippen molar-refractivity contribution in [1.82, 2.24) is 4.57 Å². The van der Waals surface area contributed by atoms with Gasteiger partial charge in [0, 0.05) is 0 Å². The van der Waals surface area contributed by atoms with Crippen LogP contribution >= 0.6 is 0 Å². The van der Waals surface area contributed by atoms with Crippen LogP contribution in [0.5, 0.6) is 0 Å². The van der Waals surface area contributed by atoms with Gasteiger partial charge in [-0.05, 0) is 42.3 Å². The summed E-state index contributed by atoms with van der Waals surface area (Å²) in [4.78, 5) is 23.6. The fourth-order valence-corrected chi connectivity index (χ4v) is 2.30. The first-order valence-electron chi connectivity index (χ1n) is 6.44. The Bertz CT molecular complexity index is 940. The highest BCUT2D eigenvalue weighted by Gasteiger charge is 2.10. The number of hydrogen-bond donors (Lipinski definition) is 0. The number of hydrogen-bond acceptors (Lipinski definition) is 3. The highest BCUT2D eigenvalue weighted by Crippen LogP contribution is 2.14. The van der Waals surface area contributed by atoms with Crippen LogP contribution in [-0.2, 0) is 6.54 Å². The first kappa shape index (κ1) is 13.3. The van der Waals surface area contributed by atoms with E-state index >= 15 is 0 Å². The van der Waals surface area contributed by atoms with Crippen molar-refractivity contribution in [2.75, 3.05) is 0 Å². The van der Waals surface area contributed by atoms with Gasteiger partial charge in [-0.1, -0.05) is 18.2 Å². The van der Waals surface area contributed by atoms with Gasteiger partial charge in [-0.3, -0.25) is 4.57 Å². The Morgan fingerprint density at radius 3 is 2.71 bits per heavy atom. The number of para-hydroxylation sites is 1. The molecule has 3 aromatic rings. The number of aryl methyl sites for hydroxylation is 1. The van der Waals surface area contributed by atoms with E-state index in [2.05, 4.69) is 0 Å². The minimum atomic E-state index is -0.748. The van der Waals surface area contributed by atoms with Crippen LogP contribution in [0.2, 0.25) is 0 Å². The van der Waals surface area contributed by atoms with E-state index in [-0.39, 0.29) is 12.4 Å². The highest BCUT2D eigenvalue weighted by atomic mass is 19.1. The van der Waals surface area contributed by atoms with Crippen LogP contribution < -0.4 is 11.4 Å². The SMILES string of the molecule is Cc1ccc(F)cc1Cn1c(=O)oc(=O)c2ccccc21. The number of halogens is 1. The predicted molar refractivity (Wildman–Crippen MR) is 77.0 cm³/mol. The van der Waals surface area contributed by atoms with Crippen molar-refractivity contribution in [3.8, 4) is 0 Å². The molecule has 4 nitrogen and oxygen atoms in total. The summed E-state index contributed by atoms with van der Waals surface area (Å²) in [6.07, 6.45) is 0. The van der Waals surface area contributed by atoms with Crippen LogP contribution in [-0.4, -0.2) is 4.57 Å². The summed E-state index contributed by atoms with van der Waals surface area (Å²) in [5.41, 5.74) is 1.33. The molecule has 2 aromatic carbocycles. The Labute approximate surface area is 119 Å². The topological polar surface area (TPSA) is 52.2 Å². The molecule has 0 fully saturated rings. The summed E-state index contributed by atoms with van der Waals surface area (Å²) in [6, 6.07) is 11.1. The van der Waals surface area contributed by atoms with Crippen molar-refractivity contribution < 1.29 is 8.81 Å². The van der Waals surface area contributed by atoms with Crippen molar-refractivity contribution in [2.45, 2.75) is 13.5 Å². The Morgan fingerprint density at radius 1 is 1.14 bits per heavy atom. The number of benzene rings is 2. The van der Waals surface area contributed by atoms with Crippen molar-refractivity contribution >= 4 is 10.9 Å². The third-order valence-electron chi connectivity index (χ3n) is 3.45. The normalized spacial score (nSPS) is 11.0. The number of nitrogens with zero attached hydrogens (tertiary/aromatic N) is 1. The van der Waals surface area contributed by atoms with Gasteiger partial charge in [0.05, 0.1) is 17.4 Å². The molecule has 3 rings (SSSR count). The lowest BCUT2D eigenvalue weighted by molar-refractivity contribution is 0.424. The Kier molecular flexibility index (Phi) is 3.17. The average Bonchev–Trinajstić information content (AvgIpc) is 2.47. The second-order valence-corrected chi connectivity index (χ2v) is 4.83. The van der Waals surface area contributed by atoms with E-state index < -0.39 is 11.4 Å². The van der Waals surface area contributed by atoms with Gasteiger partial charge in [0.15, 0.2) is 0 Å². The molecular weight excluding hydrogens is 273 g/mol. The molecule has 0 amide bonds. The summed E-state index contributed by atoms with van der Waals surface area (Å²) < 4.78 is 19.4. The zero-order valence-electron chi connectivity index (χ0n) is 11.3. The van der Waals surface area contributed by atoms with Crippen LogP contribution in [0.1, 0.15) is 11.1 Å². The lowest BCUT2D eigenvalue weighted by Gasteiger charge is -2.10. The third-order valence-corrected chi connectivity index (χ3v) is 3.45. The molecule has 0 saturated heterocycles. The quantitative estimate of drug-likeness (QED) is 0.726. The highest BCUT2D eigenvalue weighted by molar-refractivity contribution is 5.77. The first-order valence-corrected chi connectivity index (χ1v) is 6.44. The van der Waals surface area contributed by atoms with Crippen molar-refractivity contribution in [1.29, 1.82) is 0 Å². The number of fused-ring (bicyclic) bond motifs is 1. The molecule has 0 aliphatic carbocycles. The van der Waals surface area contributed by atoms with Crippen LogP contribution in [0, 0.1) is 12.7 Å². The van der Waals surface area contributed by atoms with E-state index in [4.69, 9.17) is 4.42 Å². The second-order valence-electron chi connectivity index (χ2n) is 4.83. The molecule has 21 heavy (non-hydrogen) atoms. The van der Waals surface area contributed by atoms with Gasteiger partial charge in [0.1, 0.15) is 5.82 Å². The van der Waals surface area contributed by atoms with Gasteiger partial charge in [0.25, 0.3) is 0 Å². The molecule has 0 spiro atoms. The Morgan fingerprint density at radius 2 is 1.90 bits per heavy atom. The molecule has 0 saturated carbocycles. The van der Waals surface area contributed by atoms with Crippen molar-refractivity contribution in [3.63, 3.8) is 0 Å². The molecule has 0 unspecified atom stereocenters. The van der Waals surface area contributed by atoms with Crippen molar-refractivity contribution in [3.05, 3.63) is 80.4 Å². The molecule has 0 atom stereocenters. The summed E-state index contributed by atoms with van der Waals surface area (Å²) in [5.74, 6) is -1.12. The van der Waals surface area contributed by atoms with Gasteiger partial charge >= 0.3 is 11.4 Å². The van der Waals surface area contributed by atoms with Crippen LogP contribution in [0.15, 0.2) is 56.5 Å². The standard InChI is InChI=1S/C16H12FNO3/c1-10-6-7-12(17)8-11(10)9-18-14-5-3-2-4-13(14)15(19)21-16(18)20/h2-8H,9H2,1H3. The molecule has 0 aliphatic rings. The largest absolute Gasteiger partial charge is 0.422 e. The Balaban J connectivity index is 2.24. The third kappa shape index (κ3) is 2.38. The first-order chi connectivity index (χ1) is 10.1. The maximum Gasteiger partial charge on any atom is 0.422 e. The molecule has 106 valence electrons. The Hall–Kier alpha value is -2.69. The zero-order chi connectivity index (χ0) is 15.0. The van der Waals surface area contributed by atoms with Gasteiger partial charge in [-0.25, -0.2) is 14.0 Å². The molecule has 1 heterocycles. The smallest absolute Gasteiger partial charge is 0.372 e. The van der Waals surface area contributed by atoms with Crippen molar-refractivity contribution in [2.24, 2.45) is 0 Å². The molecule has 0 bridgehead atoms. The monoisotopic (exact) mass is 285 g/mol. The lowest BCUT2D eigenvalue weighted by atomic mass is 10.1. The maximum absolute atomic E-state index is 13.4. The minimum Gasteiger partial charge on any atom is -0.372 e. The van der Waals surface area contributed by atoms with E-state index in [1.807, 2.05) is 6.92 Å². The van der Waals surface area contributed by atoms with E-state index in [0.29, 0.717) is 16.5 Å². The number of rotatable bonds is 2. The zero-order valence-corrected chi connectivity index (χ0v) is 11.3. The molecule has 1 aromatic heterocycles. The van der Waals surface area contributed by atoms with E-state index in [1.165, 1.54) is 16.7 Å². The summed E-state index contributed by atoms with van der Waals surface area (Å²) in [5, 5.41) is 0.325. The average molecular weight is 285 g/mol. The fraction of sp³-hybridized carbons (Fsp3) is 0.125. The van der Waals surface area contributed by atoms with E-state index in [9.17, 15) is 14.0 Å². The van der Waals surface area contributed by atoms with E-state index in [1.54, 1.807) is 30.3 Å². The molecular formula is C16H12FNO3. The number of aromatic nitrogens is 1. The van der Waals surface area contributed by atoms with Gasteiger partial charge < -0.3 is 4.42 Å². The fourth-order valence-electron chi connectivity index (χ4n) is 2.30. The molecule has 0 aliphatic heterocycles. The van der Waals surface area contributed by atoms with Gasteiger partial charge in [-0.15, -0.1) is 0 Å².